The second-order valence-electron chi connectivity index (χ2n) is 3.52. The zero-order valence-electron chi connectivity index (χ0n) is 8.58. The summed E-state index contributed by atoms with van der Waals surface area (Å²) in [5, 5.41) is 0. The average molecular weight is 286 g/mol. The van der Waals surface area contributed by atoms with Crippen molar-refractivity contribution in [2.45, 2.75) is 19.9 Å². The van der Waals surface area contributed by atoms with Crippen LogP contribution in [-0.2, 0) is 0 Å². The lowest BCUT2D eigenvalue weighted by atomic mass is 10.1. The Hall–Kier alpha value is -0.580. The van der Waals surface area contributed by atoms with E-state index in [1.54, 1.807) is 11.3 Å². The summed E-state index contributed by atoms with van der Waals surface area (Å²) >= 11 is 5.00. The lowest BCUT2D eigenvalue weighted by Crippen LogP contribution is -2.10. The normalized spacial score (nSPS) is 13.1. The molecule has 15 heavy (non-hydrogen) atoms. The Kier molecular flexibility index (Phi) is 3.00. The van der Waals surface area contributed by atoms with E-state index in [0.717, 1.165) is 10.4 Å². The van der Waals surface area contributed by atoms with Crippen molar-refractivity contribution in [3.05, 3.63) is 43.9 Å². The van der Waals surface area contributed by atoms with Crippen LogP contribution in [-0.4, -0.2) is 0 Å². The number of thiophene rings is 1. The molecule has 0 amide bonds. The van der Waals surface area contributed by atoms with Crippen molar-refractivity contribution >= 4 is 27.3 Å². The quantitative estimate of drug-likeness (QED) is 0.912. The first-order valence-electron chi connectivity index (χ1n) is 4.65. The predicted octanol–water partition coefficient (Wildman–Crippen LogP) is 3.77. The highest BCUT2D eigenvalue weighted by Crippen LogP contribution is 2.31. The fourth-order valence-corrected chi connectivity index (χ4v) is 2.96. The van der Waals surface area contributed by atoms with Crippen molar-refractivity contribution in [3.63, 3.8) is 0 Å². The van der Waals surface area contributed by atoms with Gasteiger partial charge in [0.05, 0.1) is 6.04 Å². The molecular weight excluding hydrogens is 274 g/mol. The molecule has 2 aromatic rings. The first-order valence-corrected chi connectivity index (χ1v) is 6.26. The van der Waals surface area contributed by atoms with Gasteiger partial charge in [-0.1, -0.05) is 0 Å². The third kappa shape index (κ3) is 2.17. The Morgan fingerprint density at radius 2 is 2.13 bits per heavy atom. The largest absolute Gasteiger partial charge is 0.452 e. The molecular formula is C11H12BrNOS. The van der Waals surface area contributed by atoms with Gasteiger partial charge in [-0.2, -0.15) is 0 Å². The summed E-state index contributed by atoms with van der Waals surface area (Å²) in [6, 6.07) is 5.77. The highest BCUT2D eigenvalue weighted by molar-refractivity contribution is 9.10. The van der Waals surface area contributed by atoms with Crippen LogP contribution >= 0.6 is 27.3 Å². The lowest BCUT2D eigenvalue weighted by molar-refractivity contribution is 0.471. The van der Waals surface area contributed by atoms with Gasteiger partial charge in [0.1, 0.15) is 5.76 Å². The number of furan rings is 1. The first kappa shape index (κ1) is 10.9. The van der Waals surface area contributed by atoms with Gasteiger partial charge >= 0.3 is 0 Å². The zero-order valence-corrected chi connectivity index (χ0v) is 11.0. The highest BCUT2D eigenvalue weighted by atomic mass is 79.9. The Morgan fingerprint density at radius 3 is 2.60 bits per heavy atom. The molecule has 0 radical (unpaired) electrons. The van der Waals surface area contributed by atoms with E-state index in [-0.39, 0.29) is 6.04 Å². The molecule has 0 spiro atoms. The van der Waals surface area contributed by atoms with Gasteiger partial charge in [-0.3, -0.25) is 0 Å². The fourth-order valence-electron chi connectivity index (χ4n) is 1.59. The van der Waals surface area contributed by atoms with Crippen LogP contribution in [0.1, 0.15) is 27.1 Å². The van der Waals surface area contributed by atoms with E-state index < -0.39 is 0 Å². The molecule has 2 nitrogen and oxygen atoms in total. The second-order valence-corrected chi connectivity index (χ2v) is 5.59. The van der Waals surface area contributed by atoms with Crippen molar-refractivity contribution in [1.82, 2.24) is 0 Å². The number of rotatable bonds is 2. The van der Waals surface area contributed by atoms with Crippen LogP contribution in [0.3, 0.4) is 0 Å². The van der Waals surface area contributed by atoms with Crippen LogP contribution in [0.15, 0.2) is 27.3 Å². The molecule has 2 N–H and O–H groups in total. The highest BCUT2D eigenvalue weighted by Gasteiger charge is 2.17. The Balaban J connectivity index is 2.35. The molecule has 2 rings (SSSR count). The summed E-state index contributed by atoms with van der Waals surface area (Å²) < 4.78 is 6.18. The standard InChI is InChI=1S/C11H12BrNOS/c1-6-5-7(2)15-11(6)10(13)8-3-4-9(12)14-8/h3-5,10H,13H2,1-2H3. The van der Waals surface area contributed by atoms with E-state index in [2.05, 4.69) is 35.8 Å². The molecule has 0 aliphatic heterocycles. The van der Waals surface area contributed by atoms with Gasteiger partial charge in [-0.05, 0) is 53.5 Å². The van der Waals surface area contributed by atoms with Gasteiger partial charge in [0, 0.05) is 9.75 Å². The smallest absolute Gasteiger partial charge is 0.169 e. The van der Waals surface area contributed by atoms with Crippen molar-refractivity contribution < 1.29 is 4.42 Å². The maximum Gasteiger partial charge on any atom is 0.169 e. The minimum Gasteiger partial charge on any atom is -0.452 e. The molecule has 1 unspecified atom stereocenters. The predicted molar refractivity (Wildman–Crippen MR) is 66.2 cm³/mol. The maximum absolute atomic E-state index is 6.14. The number of nitrogens with two attached hydrogens (primary N) is 1. The van der Waals surface area contributed by atoms with Crippen LogP contribution < -0.4 is 5.73 Å². The Bertz CT molecular complexity index is 475. The Labute approximate surface area is 101 Å². The van der Waals surface area contributed by atoms with Crippen LogP contribution in [0.4, 0.5) is 0 Å². The number of hydrogen-bond donors (Lipinski definition) is 1. The van der Waals surface area contributed by atoms with Gasteiger partial charge in [0.15, 0.2) is 4.67 Å². The molecule has 0 aliphatic rings. The average Bonchev–Trinajstić information content (AvgIpc) is 2.71. The fraction of sp³-hybridized carbons (Fsp3) is 0.273. The molecule has 0 saturated heterocycles. The van der Waals surface area contributed by atoms with E-state index >= 15 is 0 Å². The van der Waals surface area contributed by atoms with Crippen molar-refractivity contribution in [2.75, 3.05) is 0 Å². The van der Waals surface area contributed by atoms with Gasteiger partial charge < -0.3 is 10.2 Å². The molecule has 2 aromatic heterocycles. The van der Waals surface area contributed by atoms with Gasteiger partial charge in [0.2, 0.25) is 0 Å². The van der Waals surface area contributed by atoms with Crippen molar-refractivity contribution in [1.29, 1.82) is 0 Å². The zero-order chi connectivity index (χ0) is 11.0. The second kappa shape index (κ2) is 4.12. The third-order valence-electron chi connectivity index (χ3n) is 2.26. The summed E-state index contributed by atoms with van der Waals surface area (Å²) in [5.74, 6) is 0.798. The van der Waals surface area contributed by atoms with Crippen LogP contribution in [0.2, 0.25) is 0 Å². The van der Waals surface area contributed by atoms with Gasteiger partial charge in [-0.25, -0.2) is 0 Å². The molecule has 2 heterocycles. The molecule has 4 heteroatoms. The molecule has 0 fully saturated rings. The topological polar surface area (TPSA) is 39.2 Å². The maximum atomic E-state index is 6.14. The third-order valence-corrected chi connectivity index (χ3v) is 3.92. The van der Waals surface area contributed by atoms with E-state index in [4.69, 9.17) is 10.2 Å². The van der Waals surface area contributed by atoms with Gasteiger partial charge in [-0.15, -0.1) is 11.3 Å². The van der Waals surface area contributed by atoms with Crippen LogP contribution in [0.5, 0.6) is 0 Å². The summed E-state index contributed by atoms with van der Waals surface area (Å²) in [6.45, 7) is 4.17. The SMILES string of the molecule is Cc1cc(C)c(C(N)c2ccc(Br)o2)s1. The lowest BCUT2D eigenvalue weighted by Gasteiger charge is -2.07. The molecule has 80 valence electrons. The minimum atomic E-state index is -0.157. The van der Waals surface area contributed by atoms with Crippen molar-refractivity contribution in [3.8, 4) is 0 Å². The summed E-state index contributed by atoms with van der Waals surface area (Å²) in [7, 11) is 0. The first-order chi connectivity index (χ1) is 7.08. The van der Waals surface area contributed by atoms with Crippen LogP contribution in [0, 0.1) is 13.8 Å². The number of aryl methyl sites for hydroxylation is 2. The Morgan fingerprint density at radius 1 is 1.40 bits per heavy atom. The summed E-state index contributed by atoms with van der Waals surface area (Å²) in [5.41, 5.74) is 7.37. The van der Waals surface area contributed by atoms with E-state index in [1.165, 1.54) is 15.3 Å². The number of hydrogen-bond acceptors (Lipinski definition) is 3. The van der Waals surface area contributed by atoms with E-state index in [0.29, 0.717) is 0 Å². The molecule has 0 aromatic carbocycles. The molecule has 0 aliphatic carbocycles. The van der Waals surface area contributed by atoms with E-state index in [9.17, 15) is 0 Å². The molecule has 0 bridgehead atoms. The monoisotopic (exact) mass is 285 g/mol. The minimum absolute atomic E-state index is 0.157. The molecule has 1 atom stereocenters. The number of halogens is 1. The van der Waals surface area contributed by atoms with Crippen LogP contribution in [0.25, 0.3) is 0 Å². The van der Waals surface area contributed by atoms with Crippen molar-refractivity contribution in [2.24, 2.45) is 5.73 Å². The summed E-state index contributed by atoms with van der Waals surface area (Å²) in [4.78, 5) is 2.46. The van der Waals surface area contributed by atoms with E-state index in [1.807, 2.05) is 12.1 Å². The van der Waals surface area contributed by atoms with Gasteiger partial charge in [0.25, 0.3) is 0 Å². The summed E-state index contributed by atoms with van der Waals surface area (Å²) in [6.07, 6.45) is 0. The molecule has 0 saturated carbocycles.